The molecule has 2 aromatic carbocycles. The third-order valence-corrected chi connectivity index (χ3v) is 6.70. The van der Waals surface area contributed by atoms with Gasteiger partial charge in [-0.15, -0.1) is 0 Å². The maximum Gasteiger partial charge on any atom is 0.225 e. The number of halogens is 1. The Bertz CT molecular complexity index is 1030. The van der Waals surface area contributed by atoms with Gasteiger partial charge in [0.2, 0.25) is 5.91 Å². The second-order valence-corrected chi connectivity index (χ2v) is 9.07. The molecule has 0 aliphatic carbocycles. The number of fused-ring (bicyclic) bond motifs is 1. The van der Waals surface area contributed by atoms with Crippen molar-refractivity contribution in [2.24, 2.45) is 5.92 Å². The van der Waals surface area contributed by atoms with Gasteiger partial charge in [-0.3, -0.25) is 9.69 Å². The third-order valence-electron chi connectivity index (χ3n) is 6.70. The number of unbranched alkanes of at least 4 members (excludes halogenated alkanes) is 1. The summed E-state index contributed by atoms with van der Waals surface area (Å²) in [5.41, 5.74) is 3.56. The number of para-hydroxylation sites is 1. The fourth-order valence-corrected chi connectivity index (χ4v) is 4.74. The van der Waals surface area contributed by atoms with Crippen LogP contribution in [-0.4, -0.2) is 47.0 Å². The zero-order chi connectivity index (χ0) is 22.5. The zero-order valence-electron chi connectivity index (χ0n) is 19.3. The van der Waals surface area contributed by atoms with E-state index < -0.39 is 0 Å². The zero-order valence-corrected chi connectivity index (χ0v) is 19.3. The Kier molecular flexibility index (Phi) is 7.26. The molecule has 0 N–H and O–H groups in total. The minimum absolute atomic E-state index is 0.151. The summed E-state index contributed by atoms with van der Waals surface area (Å²) in [6, 6.07) is 17.5. The summed E-state index contributed by atoms with van der Waals surface area (Å²) in [6.45, 7) is 6.49. The van der Waals surface area contributed by atoms with Crippen molar-refractivity contribution in [3.8, 4) is 0 Å². The molecule has 0 unspecified atom stereocenters. The van der Waals surface area contributed by atoms with Gasteiger partial charge in [0.15, 0.2) is 0 Å². The number of likely N-dealkylation sites (tertiary alicyclic amines) is 1. The molecule has 0 radical (unpaired) electrons. The lowest BCUT2D eigenvalue weighted by Crippen LogP contribution is -2.41. The van der Waals surface area contributed by atoms with E-state index >= 15 is 0 Å². The Hall–Kier alpha value is -2.66. The summed E-state index contributed by atoms with van der Waals surface area (Å²) in [5.74, 6) is 0.255. The summed E-state index contributed by atoms with van der Waals surface area (Å²) < 4.78 is 15.7. The fourth-order valence-electron chi connectivity index (χ4n) is 4.74. The Balaban J connectivity index is 1.44. The van der Waals surface area contributed by atoms with Crippen LogP contribution in [0.25, 0.3) is 10.9 Å². The molecule has 1 saturated heterocycles. The van der Waals surface area contributed by atoms with Gasteiger partial charge in [-0.25, -0.2) is 4.39 Å². The molecule has 0 bridgehead atoms. The minimum Gasteiger partial charge on any atom is -0.346 e. The highest BCUT2D eigenvalue weighted by atomic mass is 19.1. The molecule has 1 aliphatic heterocycles. The molecule has 170 valence electrons. The first-order chi connectivity index (χ1) is 15.5. The van der Waals surface area contributed by atoms with Crippen molar-refractivity contribution < 1.29 is 9.18 Å². The molecule has 3 aromatic rings. The first-order valence-electron chi connectivity index (χ1n) is 11.8. The number of nitrogens with zero attached hydrogens (tertiary/aromatic N) is 3. The topological polar surface area (TPSA) is 28.5 Å². The number of rotatable bonds is 8. The molecule has 5 heteroatoms. The standard InChI is InChI=1S/C27H34FN3O/c1-3-4-15-29(2)27(32)22-13-16-30(17-14-22)20-25-18-23-7-5-6-8-26(23)31(25)19-21-9-11-24(28)12-10-21/h5-12,18,22H,3-4,13-17,19-20H2,1-2H3. The Morgan fingerprint density at radius 2 is 1.78 bits per heavy atom. The van der Waals surface area contributed by atoms with E-state index in [1.54, 1.807) is 0 Å². The monoisotopic (exact) mass is 435 g/mol. The van der Waals surface area contributed by atoms with Crippen LogP contribution in [0.2, 0.25) is 0 Å². The van der Waals surface area contributed by atoms with E-state index in [-0.39, 0.29) is 11.7 Å². The lowest BCUT2D eigenvalue weighted by molar-refractivity contribution is -0.135. The van der Waals surface area contributed by atoms with Crippen LogP contribution >= 0.6 is 0 Å². The third kappa shape index (κ3) is 5.21. The van der Waals surface area contributed by atoms with Crippen LogP contribution in [-0.2, 0) is 17.9 Å². The molecule has 1 amide bonds. The Morgan fingerprint density at radius 3 is 2.50 bits per heavy atom. The molecule has 2 heterocycles. The van der Waals surface area contributed by atoms with Crippen molar-refractivity contribution in [3.63, 3.8) is 0 Å². The number of carbonyl (C=O) groups excluding carboxylic acids is 1. The molecule has 1 aromatic heterocycles. The molecular weight excluding hydrogens is 401 g/mol. The van der Waals surface area contributed by atoms with Crippen LogP contribution in [0.5, 0.6) is 0 Å². The SMILES string of the molecule is CCCCN(C)C(=O)C1CCN(Cc2cc3ccccc3n2Cc2ccc(F)cc2)CC1. The summed E-state index contributed by atoms with van der Waals surface area (Å²) in [4.78, 5) is 17.1. The van der Waals surface area contributed by atoms with E-state index in [4.69, 9.17) is 0 Å². The first kappa shape index (κ1) is 22.5. The van der Waals surface area contributed by atoms with Gasteiger partial charge in [0.25, 0.3) is 0 Å². The number of aromatic nitrogens is 1. The molecule has 4 rings (SSSR count). The van der Waals surface area contributed by atoms with Gasteiger partial charge >= 0.3 is 0 Å². The highest BCUT2D eigenvalue weighted by Gasteiger charge is 2.27. The Morgan fingerprint density at radius 1 is 1.06 bits per heavy atom. The highest BCUT2D eigenvalue weighted by Crippen LogP contribution is 2.25. The average molecular weight is 436 g/mol. The van der Waals surface area contributed by atoms with Crippen LogP contribution in [0.1, 0.15) is 43.9 Å². The van der Waals surface area contributed by atoms with Gasteiger partial charge in [0.1, 0.15) is 5.82 Å². The normalized spacial score (nSPS) is 15.3. The molecule has 0 atom stereocenters. The quantitative estimate of drug-likeness (QED) is 0.480. The molecule has 32 heavy (non-hydrogen) atoms. The first-order valence-corrected chi connectivity index (χ1v) is 11.8. The molecule has 1 aliphatic rings. The van der Waals surface area contributed by atoms with Crippen LogP contribution < -0.4 is 0 Å². The van der Waals surface area contributed by atoms with Crippen molar-refractivity contribution in [1.29, 1.82) is 0 Å². The largest absolute Gasteiger partial charge is 0.346 e. The summed E-state index contributed by atoms with van der Waals surface area (Å²) in [7, 11) is 1.94. The Labute approximate surface area is 190 Å². The van der Waals surface area contributed by atoms with Crippen molar-refractivity contribution in [1.82, 2.24) is 14.4 Å². The van der Waals surface area contributed by atoms with Crippen LogP contribution in [0.15, 0.2) is 54.6 Å². The van der Waals surface area contributed by atoms with E-state index in [0.717, 1.165) is 64.0 Å². The van der Waals surface area contributed by atoms with Gasteiger partial charge in [0, 0.05) is 43.8 Å². The summed E-state index contributed by atoms with van der Waals surface area (Å²) in [5, 5.41) is 1.23. The predicted octanol–water partition coefficient (Wildman–Crippen LogP) is 5.30. The maximum atomic E-state index is 13.4. The van der Waals surface area contributed by atoms with Gasteiger partial charge < -0.3 is 9.47 Å². The number of hydrogen-bond donors (Lipinski definition) is 0. The van der Waals surface area contributed by atoms with Gasteiger partial charge in [0.05, 0.1) is 0 Å². The summed E-state index contributed by atoms with van der Waals surface area (Å²) in [6.07, 6.45) is 4.03. The second-order valence-electron chi connectivity index (χ2n) is 9.07. The molecule has 0 spiro atoms. The van der Waals surface area contributed by atoms with Crippen molar-refractivity contribution in [2.45, 2.75) is 45.7 Å². The summed E-state index contributed by atoms with van der Waals surface area (Å²) >= 11 is 0. The molecule has 0 saturated carbocycles. The van der Waals surface area contributed by atoms with E-state index in [1.165, 1.54) is 28.7 Å². The lowest BCUT2D eigenvalue weighted by Gasteiger charge is -2.33. The highest BCUT2D eigenvalue weighted by molar-refractivity contribution is 5.81. The van der Waals surface area contributed by atoms with Crippen LogP contribution in [0.3, 0.4) is 0 Å². The van der Waals surface area contributed by atoms with Crippen molar-refractivity contribution in [3.05, 3.63) is 71.7 Å². The second kappa shape index (κ2) is 10.3. The van der Waals surface area contributed by atoms with Crippen LogP contribution in [0.4, 0.5) is 4.39 Å². The smallest absolute Gasteiger partial charge is 0.225 e. The minimum atomic E-state index is -0.205. The van der Waals surface area contributed by atoms with Crippen molar-refractivity contribution >= 4 is 16.8 Å². The molecule has 1 fully saturated rings. The number of amides is 1. The molecule has 4 nitrogen and oxygen atoms in total. The number of hydrogen-bond acceptors (Lipinski definition) is 2. The average Bonchev–Trinajstić information content (AvgIpc) is 3.15. The van der Waals surface area contributed by atoms with E-state index in [2.05, 4.69) is 46.7 Å². The molecular formula is C27H34FN3O. The maximum absolute atomic E-state index is 13.4. The van der Waals surface area contributed by atoms with Crippen LogP contribution in [0, 0.1) is 11.7 Å². The predicted molar refractivity (Wildman–Crippen MR) is 128 cm³/mol. The number of benzene rings is 2. The van der Waals surface area contributed by atoms with E-state index in [9.17, 15) is 9.18 Å². The van der Waals surface area contributed by atoms with Gasteiger partial charge in [-0.1, -0.05) is 43.7 Å². The van der Waals surface area contributed by atoms with Gasteiger partial charge in [-0.05, 0) is 67.6 Å². The number of carbonyl (C=O) groups is 1. The van der Waals surface area contributed by atoms with E-state index in [1.807, 2.05) is 24.1 Å². The lowest BCUT2D eigenvalue weighted by atomic mass is 9.95. The van der Waals surface area contributed by atoms with E-state index in [0.29, 0.717) is 5.91 Å². The van der Waals surface area contributed by atoms with Crippen molar-refractivity contribution in [2.75, 3.05) is 26.7 Å². The van der Waals surface area contributed by atoms with Gasteiger partial charge in [-0.2, -0.15) is 0 Å². The fraction of sp³-hybridized carbons (Fsp3) is 0.444. The number of piperidine rings is 1.